The zero-order valence-electron chi connectivity index (χ0n) is 10.4. The quantitative estimate of drug-likeness (QED) is 0.728. The number of benzene rings is 1. The molecule has 2 aromatic heterocycles. The van der Waals surface area contributed by atoms with Gasteiger partial charge in [0.05, 0.1) is 17.4 Å². The second kappa shape index (κ2) is 4.44. The van der Waals surface area contributed by atoms with Gasteiger partial charge in [0, 0.05) is 11.8 Å². The molecule has 0 unspecified atom stereocenters. The molecule has 0 radical (unpaired) electrons. The van der Waals surface area contributed by atoms with Gasteiger partial charge in [-0.25, -0.2) is 8.78 Å². The zero-order chi connectivity index (χ0) is 14.3. The normalized spacial score (nSPS) is 10.9. The van der Waals surface area contributed by atoms with Crippen molar-refractivity contribution in [3.8, 4) is 22.8 Å². The predicted molar refractivity (Wildman–Crippen MR) is 66.5 cm³/mol. The Morgan fingerprint density at radius 2 is 1.90 bits per heavy atom. The number of furan rings is 1. The average Bonchev–Trinajstić information content (AvgIpc) is 3.02. The fraction of sp³-hybridized carbons (Fsp3) is 0.0769. The fourth-order valence-corrected chi connectivity index (χ4v) is 1.81. The van der Waals surface area contributed by atoms with Gasteiger partial charge in [-0.05, 0) is 19.1 Å². The van der Waals surface area contributed by atoms with Gasteiger partial charge in [0.1, 0.15) is 5.76 Å². The molecular weight excluding hydrogens is 268 g/mol. The molecule has 0 atom stereocenters. The molecule has 1 aromatic carbocycles. The van der Waals surface area contributed by atoms with E-state index in [-0.39, 0.29) is 23.0 Å². The van der Waals surface area contributed by atoms with Crippen LogP contribution in [0.3, 0.4) is 0 Å². The number of anilines is 1. The molecule has 102 valence electrons. The Bertz CT molecular complexity index is 780. The Balaban J connectivity index is 2.07. The zero-order valence-corrected chi connectivity index (χ0v) is 10.4. The summed E-state index contributed by atoms with van der Waals surface area (Å²) >= 11 is 0. The number of hydrogen-bond donors (Lipinski definition) is 1. The summed E-state index contributed by atoms with van der Waals surface area (Å²) in [6.07, 6.45) is 1.49. The van der Waals surface area contributed by atoms with E-state index in [2.05, 4.69) is 10.1 Å². The summed E-state index contributed by atoms with van der Waals surface area (Å²) in [5, 5.41) is 3.77. The molecule has 0 saturated carbocycles. The van der Waals surface area contributed by atoms with E-state index >= 15 is 0 Å². The van der Waals surface area contributed by atoms with Crippen molar-refractivity contribution in [1.29, 1.82) is 0 Å². The van der Waals surface area contributed by atoms with Crippen LogP contribution < -0.4 is 5.73 Å². The van der Waals surface area contributed by atoms with Crippen molar-refractivity contribution in [2.24, 2.45) is 0 Å². The summed E-state index contributed by atoms with van der Waals surface area (Å²) in [6, 6.07) is 3.47. The van der Waals surface area contributed by atoms with Crippen LogP contribution in [0, 0.1) is 18.6 Å². The van der Waals surface area contributed by atoms with E-state index in [1.807, 2.05) is 0 Å². The summed E-state index contributed by atoms with van der Waals surface area (Å²) < 4.78 is 36.4. The Labute approximate surface area is 112 Å². The summed E-state index contributed by atoms with van der Waals surface area (Å²) in [6.45, 7) is 1.75. The first kappa shape index (κ1) is 12.3. The van der Waals surface area contributed by atoms with Crippen LogP contribution in [0.1, 0.15) is 5.76 Å². The van der Waals surface area contributed by atoms with Gasteiger partial charge in [-0.2, -0.15) is 4.98 Å². The fourth-order valence-electron chi connectivity index (χ4n) is 1.81. The third-order valence-electron chi connectivity index (χ3n) is 2.85. The third-order valence-corrected chi connectivity index (χ3v) is 2.85. The number of nitrogen functional groups attached to an aromatic ring is 1. The Morgan fingerprint density at radius 1 is 1.15 bits per heavy atom. The van der Waals surface area contributed by atoms with Crippen molar-refractivity contribution in [3.63, 3.8) is 0 Å². The van der Waals surface area contributed by atoms with E-state index in [4.69, 9.17) is 14.7 Å². The molecule has 0 aliphatic rings. The Morgan fingerprint density at radius 3 is 2.60 bits per heavy atom. The van der Waals surface area contributed by atoms with Gasteiger partial charge in [-0.1, -0.05) is 5.16 Å². The molecule has 20 heavy (non-hydrogen) atoms. The number of aryl methyl sites for hydroxylation is 1. The lowest BCUT2D eigenvalue weighted by atomic mass is 10.1. The van der Waals surface area contributed by atoms with Crippen LogP contribution in [0.5, 0.6) is 0 Å². The van der Waals surface area contributed by atoms with Gasteiger partial charge < -0.3 is 14.7 Å². The smallest absolute Gasteiger partial charge is 0.260 e. The molecule has 0 aliphatic carbocycles. The van der Waals surface area contributed by atoms with Crippen molar-refractivity contribution in [2.75, 3.05) is 5.73 Å². The number of nitrogens with zero attached hydrogens (tertiary/aromatic N) is 2. The van der Waals surface area contributed by atoms with Crippen LogP contribution in [0.25, 0.3) is 22.8 Å². The molecule has 0 aliphatic heterocycles. The topological polar surface area (TPSA) is 78.1 Å². The lowest BCUT2D eigenvalue weighted by Crippen LogP contribution is -1.94. The standard InChI is InChI=1S/C13H9F2N3O2/c1-6-7(2-3-19-6)12-17-13(20-18-12)8-4-9(14)10(15)5-11(8)16/h2-5H,16H2,1H3. The van der Waals surface area contributed by atoms with Crippen LogP contribution >= 0.6 is 0 Å². The van der Waals surface area contributed by atoms with Crippen LogP contribution in [0.2, 0.25) is 0 Å². The van der Waals surface area contributed by atoms with E-state index in [0.717, 1.165) is 12.1 Å². The third kappa shape index (κ3) is 1.93. The molecule has 0 fully saturated rings. The SMILES string of the molecule is Cc1occc1-c1noc(-c2cc(F)c(F)cc2N)n1. The maximum Gasteiger partial charge on any atom is 0.260 e. The van der Waals surface area contributed by atoms with Gasteiger partial charge >= 0.3 is 0 Å². The molecule has 5 nitrogen and oxygen atoms in total. The van der Waals surface area contributed by atoms with Crippen molar-refractivity contribution in [3.05, 3.63) is 41.9 Å². The largest absolute Gasteiger partial charge is 0.469 e. The molecule has 0 amide bonds. The summed E-state index contributed by atoms with van der Waals surface area (Å²) in [5.41, 5.74) is 6.44. The van der Waals surface area contributed by atoms with E-state index < -0.39 is 11.6 Å². The van der Waals surface area contributed by atoms with Crippen molar-refractivity contribution < 1.29 is 17.7 Å². The lowest BCUT2D eigenvalue weighted by molar-refractivity contribution is 0.431. The minimum atomic E-state index is -1.03. The second-order valence-electron chi connectivity index (χ2n) is 4.17. The first-order valence-corrected chi connectivity index (χ1v) is 5.69. The van der Waals surface area contributed by atoms with Gasteiger partial charge in [0.25, 0.3) is 5.89 Å². The molecule has 0 saturated heterocycles. The highest BCUT2D eigenvalue weighted by Crippen LogP contribution is 2.29. The molecular formula is C13H9F2N3O2. The van der Waals surface area contributed by atoms with Gasteiger partial charge in [0.2, 0.25) is 5.82 Å². The average molecular weight is 277 g/mol. The van der Waals surface area contributed by atoms with E-state index in [9.17, 15) is 8.78 Å². The number of nitrogens with two attached hydrogens (primary N) is 1. The van der Waals surface area contributed by atoms with Crippen molar-refractivity contribution in [1.82, 2.24) is 10.1 Å². The molecule has 2 heterocycles. The number of aromatic nitrogens is 2. The number of rotatable bonds is 2. The number of hydrogen-bond acceptors (Lipinski definition) is 5. The Hall–Kier alpha value is -2.70. The van der Waals surface area contributed by atoms with E-state index in [1.54, 1.807) is 13.0 Å². The molecule has 3 rings (SSSR count). The van der Waals surface area contributed by atoms with Gasteiger partial charge in [-0.15, -0.1) is 0 Å². The maximum atomic E-state index is 13.3. The monoisotopic (exact) mass is 277 g/mol. The Kier molecular flexibility index (Phi) is 2.74. The van der Waals surface area contributed by atoms with Crippen LogP contribution in [-0.4, -0.2) is 10.1 Å². The molecule has 7 heteroatoms. The van der Waals surface area contributed by atoms with Crippen LogP contribution in [-0.2, 0) is 0 Å². The molecule has 3 aromatic rings. The van der Waals surface area contributed by atoms with Gasteiger partial charge in [0.15, 0.2) is 11.6 Å². The van der Waals surface area contributed by atoms with Crippen molar-refractivity contribution in [2.45, 2.75) is 6.92 Å². The minimum Gasteiger partial charge on any atom is -0.469 e. The van der Waals surface area contributed by atoms with Gasteiger partial charge in [-0.3, -0.25) is 0 Å². The second-order valence-corrected chi connectivity index (χ2v) is 4.17. The minimum absolute atomic E-state index is 0.0111. The number of halogens is 2. The highest BCUT2D eigenvalue weighted by atomic mass is 19.2. The maximum absolute atomic E-state index is 13.3. The van der Waals surface area contributed by atoms with Crippen molar-refractivity contribution >= 4 is 5.69 Å². The lowest BCUT2D eigenvalue weighted by Gasteiger charge is -2.01. The summed E-state index contributed by atoms with van der Waals surface area (Å²) in [5.74, 6) is -1.15. The molecule has 0 spiro atoms. The van der Waals surface area contributed by atoms with Crippen LogP contribution in [0.15, 0.2) is 33.4 Å². The van der Waals surface area contributed by atoms with Crippen LogP contribution in [0.4, 0.5) is 14.5 Å². The highest BCUT2D eigenvalue weighted by molar-refractivity contribution is 5.71. The highest BCUT2D eigenvalue weighted by Gasteiger charge is 2.17. The summed E-state index contributed by atoms with van der Waals surface area (Å²) in [4.78, 5) is 4.11. The predicted octanol–water partition coefficient (Wildman–Crippen LogP) is 3.17. The molecule has 0 bridgehead atoms. The first-order valence-electron chi connectivity index (χ1n) is 5.69. The summed E-state index contributed by atoms with van der Waals surface area (Å²) in [7, 11) is 0. The van der Waals surface area contributed by atoms with E-state index in [0.29, 0.717) is 11.3 Å². The molecule has 2 N–H and O–H groups in total. The first-order chi connectivity index (χ1) is 9.56. The van der Waals surface area contributed by atoms with E-state index in [1.165, 1.54) is 6.26 Å².